The Labute approximate surface area is 794 Å². The maximum Gasteiger partial charge on any atom is 0.276 e. The number of hydrogen-bond donors (Lipinski definition) is 3. The Morgan fingerprint density at radius 1 is 0.378 bits per heavy atom. The number of anilines is 6. The van der Waals surface area contributed by atoms with Crippen LogP contribution in [-0.4, -0.2) is 155 Å². The number of piperazine rings is 3. The predicted octanol–water partition coefficient (Wildman–Crippen LogP) is 17.7. The Balaban J connectivity index is 0.000000171. The van der Waals surface area contributed by atoms with Crippen molar-refractivity contribution in [3.63, 3.8) is 0 Å². The fraction of sp³-hybridized carbons (Fsp3) is 0.258. The number of hydrogen-bond acceptors (Lipinski definition) is 21. The van der Waals surface area contributed by atoms with Gasteiger partial charge in [-0.2, -0.15) is 15.8 Å². The lowest BCUT2D eigenvalue weighted by atomic mass is 10.0. The molecule has 3 fully saturated rings. The number of aryl methyl sites for hydroxylation is 3. The molecule has 0 saturated carbocycles. The number of halogens is 15. The standard InChI is InChI=1S/3C31H26Cl2F3N7O2/c1-5-19(44)41-8-10-42(11-9-41)29-16-12-18(32)27(20-22(34)21(33)24(36)25(38)23(20)35)40-30(16)43(31(45)17(29)13-37)28-15(4)6-7-39-26(28)14(2)3;2*1-5-19(44)41-8-10-42(11-9-41)29-16-12-18(32)27(20-21(33)23(35)24(36)25(38)22(20)34)40-30(16)43(31(45)17(29)13-37)28-15(4)6-7-39-26(28)14(2)3/h3*5-7,12,14H,1,8-11,38H2,2-4H3. The monoisotopic (exact) mass is 1970 g/mol. The second-order valence-electron chi connectivity index (χ2n) is 32.2. The first-order valence-electron chi connectivity index (χ1n) is 41.3. The zero-order valence-corrected chi connectivity index (χ0v) is 77.7. The predicted molar refractivity (Wildman–Crippen MR) is 502 cm³/mol. The van der Waals surface area contributed by atoms with E-state index in [0.29, 0.717) is 50.8 Å². The van der Waals surface area contributed by atoms with Crippen molar-refractivity contribution in [2.24, 2.45) is 0 Å². The number of nitrogen functional groups attached to an aromatic ring is 3. The molecule has 0 bridgehead atoms. The third-order valence-electron chi connectivity index (χ3n) is 23.2. The molecule has 12 heterocycles. The third kappa shape index (κ3) is 17.5. The molecule has 696 valence electrons. The van der Waals surface area contributed by atoms with Crippen LogP contribution in [0.5, 0.6) is 0 Å². The minimum Gasteiger partial charge on any atom is -0.394 e. The van der Waals surface area contributed by atoms with Gasteiger partial charge in [-0.1, -0.05) is 131 Å². The first kappa shape index (κ1) is 98.7. The molecule has 0 unspecified atom stereocenters. The lowest BCUT2D eigenvalue weighted by Gasteiger charge is -2.36. The van der Waals surface area contributed by atoms with Crippen LogP contribution in [-0.2, 0) is 14.4 Å². The van der Waals surface area contributed by atoms with Gasteiger partial charge in [0.1, 0.15) is 73.9 Å². The molecule has 0 radical (unpaired) electrons. The van der Waals surface area contributed by atoms with Crippen molar-refractivity contribution in [3.05, 3.63) is 257 Å². The van der Waals surface area contributed by atoms with Crippen molar-refractivity contribution in [3.8, 4) is 69.0 Å². The van der Waals surface area contributed by atoms with E-state index in [1.807, 2.05) is 59.8 Å². The molecular formula is C93H78Cl6F9N21O6. The molecule has 15 rings (SSSR count). The summed E-state index contributed by atoms with van der Waals surface area (Å²) in [5.74, 6) is -15.1. The van der Waals surface area contributed by atoms with Crippen LogP contribution >= 0.6 is 69.6 Å². The van der Waals surface area contributed by atoms with E-state index >= 15 is 17.6 Å². The maximum atomic E-state index is 15.4. The number of rotatable bonds is 15. The highest BCUT2D eigenvalue weighted by molar-refractivity contribution is 6.38. The number of nitrogens with zero attached hydrogens (tertiary/aromatic N) is 18. The van der Waals surface area contributed by atoms with E-state index in [4.69, 9.17) is 86.8 Å². The fourth-order valence-electron chi connectivity index (χ4n) is 16.5. The topological polar surface area (TPSA) is 363 Å². The van der Waals surface area contributed by atoms with E-state index in [0.717, 1.165) is 0 Å². The molecule has 9 aromatic heterocycles. The zero-order chi connectivity index (χ0) is 98.7. The van der Waals surface area contributed by atoms with Crippen molar-refractivity contribution >= 4 is 155 Å². The number of amides is 3. The summed E-state index contributed by atoms with van der Waals surface area (Å²) < 4.78 is 138. The van der Waals surface area contributed by atoms with Crippen molar-refractivity contribution in [1.82, 2.24) is 58.3 Å². The second-order valence-corrected chi connectivity index (χ2v) is 34.6. The summed E-state index contributed by atoms with van der Waals surface area (Å²) in [6.45, 7) is 30.1. The first-order valence-corrected chi connectivity index (χ1v) is 43.6. The van der Waals surface area contributed by atoms with Gasteiger partial charge in [0.25, 0.3) is 16.7 Å². The number of nitrogens with two attached hydrogens (primary N) is 3. The second kappa shape index (κ2) is 39.4. The van der Waals surface area contributed by atoms with Gasteiger partial charge in [-0.15, -0.1) is 0 Å². The zero-order valence-electron chi connectivity index (χ0n) is 73.2. The number of benzene rings is 3. The summed E-state index contributed by atoms with van der Waals surface area (Å²) in [6.07, 6.45) is 8.36. The quantitative estimate of drug-likeness (QED) is 0.0282. The van der Waals surface area contributed by atoms with Crippen LogP contribution in [0.15, 0.2) is 107 Å². The molecule has 3 aliphatic rings. The number of fused-ring (bicyclic) bond motifs is 3. The van der Waals surface area contributed by atoms with E-state index < -0.39 is 135 Å². The molecule has 6 N–H and O–H groups in total. The van der Waals surface area contributed by atoms with E-state index in [-0.39, 0.29) is 196 Å². The van der Waals surface area contributed by atoms with E-state index in [1.165, 1.54) is 50.1 Å². The van der Waals surface area contributed by atoms with E-state index in [1.54, 1.807) is 87.0 Å². The van der Waals surface area contributed by atoms with Crippen molar-refractivity contribution < 1.29 is 53.9 Å². The highest BCUT2D eigenvalue weighted by atomic mass is 35.5. The highest BCUT2D eigenvalue weighted by Crippen LogP contribution is 2.48. The maximum absolute atomic E-state index is 15.4. The SMILES string of the molecule is C=CC(=O)N1CCN(c2c(C#N)c(=O)n(-c3c(C)ccnc3C(C)C)c3nc(-c4c(F)c(N)c(F)c(Cl)c4F)c(Cl)cc23)CC1.C=CC(=O)N1CCN(c2c(C#N)c(=O)n(-c3c(C)ccnc3C(C)C)c3nc(-c4c(F)c(N)c(F)c(F)c4Cl)c(Cl)cc23)CC1.C=CC(=O)N1CCN(c2c(C#N)c(=O)n(-c3c(C)ccnc3C(C)C)c3nc(-c4c(F)c(N)c(F)c(F)c4Cl)c(Cl)cc23)CC1. The third-order valence-corrected chi connectivity index (χ3v) is 25.1. The number of aromatic nitrogens is 9. The van der Waals surface area contributed by atoms with Crippen LogP contribution in [0.1, 0.15) is 110 Å². The van der Waals surface area contributed by atoms with Gasteiger partial charge in [0.15, 0.2) is 52.4 Å². The Bertz CT molecular complexity index is 6650. The highest BCUT2D eigenvalue weighted by Gasteiger charge is 2.38. The average molecular weight is 1970 g/mol. The smallest absolute Gasteiger partial charge is 0.276 e. The number of nitriles is 3. The number of carbonyl (C=O) groups is 3. The number of carbonyl (C=O) groups excluding carboxylic acids is 3. The Hall–Kier alpha value is -13.8. The van der Waals surface area contributed by atoms with Gasteiger partial charge in [0.2, 0.25) is 17.7 Å². The van der Waals surface area contributed by atoms with Crippen molar-refractivity contribution in [2.45, 2.75) is 80.1 Å². The van der Waals surface area contributed by atoms with Gasteiger partial charge in [-0.05, 0) is 110 Å². The summed E-state index contributed by atoms with van der Waals surface area (Å²) >= 11 is 37.9. The van der Waals surface area contributed by atoms with Gasteiger partial charge in [-0.25, -0.2) is 54.5 Å². The Morgan fingerprint density at radius 3 is 0.881 bits per heavy atom. The molecule has 3 aliphatic heterocycles. The van der Waals surface area contributed by atoms with Gasteiger partial charge < -0.3 is 46.6 Å². The molecule has 3 saturated heterocycles. The van der Waals surface area contributed by atoms with Crippen LogP contribution in [0.2, 0.25) is 30.1 Å². The van der Waals surface area contributed by atoms with Crippen molar-refractivity contribution in [2.75, 3.05) is 110 Å². The minimum atomic E-state index is -1.67. The van der Waals surface area contributed by atoms with Crippen LogP contribution in [0, 0.1) is 107 Å². The largest absolute Gasteiger partial charge is 0.394 e. The average Bonchev–Trinajstić information content (AvgIpc) is 0.728. The fourth-order valence-corrected chi connectivity index (χ4v) is 18.0. The summed E-state index contributed by atoms with van der Waals surface area (Å²) in [7, 11) is 0. The molecule has 135 heavy (non-hydrogen) atoms. The molecule has 0 aliphatic carbocycles. The summed E-state index contributed by atoms with van der Waals surface area (Å²) in [5, 5.41) is 28.0. The van der Waals surface area contributed by atoms with Crippen LogP contribution < -0.4 is 48.6 Å². The minimum absolute atomic E-state index is 0.0743. The Morgan fingerprint density at radius 2 is 0.630 bits per heavy atom. The van der Waals surface area contributed by atoms with Gasteiger partial charge in [0, 0.05) is 113 Å². The molecule has 3 aromatic carbocycles. The summed E-state index contributed by atoms with van der Waals surface area (Å²) in [4.78, 5) is 117. The summed E-state index contributed by atoms with van der Waals surface area (Å²) in [5.41, 5.74) is 11.4. The Kier molecular flexibility index (Phi) is 28.8. The molecule has 0 spiro atoms. The molecule has 3 amide bonds. The molecule has 0 atom stereocenters. The van der Waals surface area contributed by atoms with Gasteiger partial charge in [0.05, 0.1) is 110 Å². The van der Waals surface area contributed by atoms with E-state index in [9.17, 15) is 66.5 Å². The van der Waals surface area contributed by atoms with Crippen molar-refractivity contribution in [1.29, 1.82) is 15.8 Å². The molecule has 27 nitrogen and oxygen atoms in total. The molecule has 42 heteroatoms. The summed E-state index contributed by atoms with van der Waals surface area (Å²) in [6, 6.07) is 15.2. The lowest BCUT2D eigenvalue weighted by molar-refractivity contribution is -0.127. The number of pyridine rings is 9. The van der Waals surface area contributed by atoms with Crippen LogP contribution in [0.25, 0.3) is 83.9 Å². The van der Waals surface area contributed by atoms with Gasteiger partial charge in [-0.3, -0.25) is 57.4 Å². The van der Waals surface area contributed by atoms with E-state index in [2.05, 4.69) is 49.6 Å². The lowest BCUT2D eigenvalue weighted by Crippen LogP contribution is -2.49. The van der Waals surface area contributed by atoms with Gasteiger partial charge >= 0.3 is 0 Å². The van der Waals surface area contributed by atoms with Crippen LogP contribution in [0.4, 0.5) is 73.6 Å². The normalized spacial score (nSPS) is 13.4. The van der Waals surface area contributed by atoms with Crippen LogP contribution in [0.3, 0.4) is 0 Å². The molecular weight excluding hydrogens is 1890 g/mol. The first-order chi connectivity index (χ1) is 64.0. The molecule has 12 aromatic rings.